The Labute approximate surface area is 315 Å². The molecule has 0 bridgehead atoms. The van der Waals surface area contributed by atoms with Crippen LogP contribution in [0.2, 0.25) is 0 Å². The van der Waals surface area contributed by atoms with E-state index < -0.39 is 0 Å². The van der Waals surface area contributed by atoms with Crippen LogP contribution in [0.3, 0.4) is 0 Å². The number of hydrogen-bond donors (Lipinski definition) is 2. The minimum absolute atomic E-state index is 0.0552. The summed E-state index contributed by atoms with van der Waals surface area (Å²) in [5.74, 6) is 0. The number of fused-ring (bicyclic) bond motifs is 3. The first-order valence-corrected chi connectivity index (χ1v) is 18.3. The molecule has 3 nitrogen and oxygen atoms in total. The molecule has 1 aliphatic rings. The molecule has 1 heterocycles. The van der Waals surface area contributed by atoms with Gasteiger partial charge < -0.3 is 5.32 Å². The van der Waals surface area contributed by atoms with E-state index in [2.05, 4.69) is 175 Å². The predicted molar refractivity (Wildman–Crippen MR) is 228 cm³/mol. The molecule has 0 saturated heterocycles. The van der Waals surface area contributed by atoms with Gasteiger partial charge in [-0.25, -0.2) is 0 Å². The lowest BCUT2D eigenvalue weighted by Gasteiger charge is -2.26. The quantitative estimate of drug-likeness (QED) is 0.121. The van der Waals surface area contributed by atoms with Crippen LogP contribution in [0, 0.1) is 5.41 Å². The molecular weight excluding hydrogens is 655 g/mol. The zero-order valence-electron chi connectivity index (χ0n) is 29.7. The first-order chi connectivity index (χ1) is 26.7. The van der Waals surface area contributed by atoms with Gasteiger partial charge in [0.1, 0.15) is 0 Å². The van der Waals surface area contributed by atoms with Gasteiger partial charge >= 0.3 is 0 Å². The van der Waals surface area contributed by atoms with Gasteiger partial charge in [-0.05, 0) is 97.1 Å². The second kappa shape index (κ2) is 14.5. The number of rotatable bonds is 8. The van der Waals surface area contributed by atoms with E-state index in [1.54, 1.807) is 6.21 Å². The molecule has 3 heteroatoms. The Bertz CT molecular complexity index is 2740. The lowest BCUT2D eigenvalue weighted by atomic mass is 9.91. The fourth-order valence-electron chi connectivity index (χ4n) is 7.39. The Morgan fingerprint density at radius 1 is 0.500 bits per heavy atom. The summed E-state index contributed by atoms with van der Waals surface area (Å²) in [5.41, 5.74) is 12.6. The van der Waals surface area contributed by atoms with Crippen LogP contribution in [0.4, 0.5) is 5.69 Å². The number of dihydropyridines is 1. The maximum atomic E-state index is 8.59. The van der Waals surface area contributed by atoms with Crippen molar-refractivity contribution in [2.24, 2.45) is 4.99 Å². The molecule has 8 aromatic carbocycles. The van der Waals surface area contributed by atoms with Crippen molar-refractivity contribution in [3.05, 3.63) is 222 Å². The molecule has 0 amide bonds. The van der Waals surface area contributed by atoms with Crippen molar-refractivity contribution in [3.8, 4) is 22.3 Å². The van der Waals surface area contributed by atoms with Crippen molar-refractivity contribution >= 4 is 50.4 Å². The minimum Gasteiger partial charge on any atom is -0.374 e. The summed E-state index contributed by atoms with van der Waals surface area (Å²) in [4.78, 5) is 4.85. The summed E-state index contributed by atoms with van der Waals surface area (Å²) in [6, 6.07) is 65.9. The van der Waals surface area contributed by atoms with E-state index >= 15 is 0 Å². The first-order valence-electron chi connectivity index (χ1n) is 18.3. The molecule has 54 heavy (non-hydrogen) atoms. The molecule has 256 valence electrons. The highest BCUT2D eigenvalue weighted by Gasteiger charge is 2.18. The molecule has 2 N–H and O–H groups in total. The lowest BCUT2D eigenvalue weighted by molar-refractivity contribution is 0.767. The van der Waals surface area contributed by atoms with Gasteiger partial charge in [-0.15, -0.1) is 0 Å². The molecule has 9 rings (SSSR count). The average molecular weight is 692 g/mol. The highest BCUT2D eigenvalue weighted by Crippen LogP contribution is 2.38. The molecule has 0 aliphatic carbocycles. The Morgan fingerprint density at radius 3 is 1.83 bits per heavy atom. The average Bonchev–Trinajstić information content (AvgIpc) is 3.26. The normalized spacial score (nSPS) is 14.1. The molecular formula is C51H37N3. The van der Waals surface area contributed by atoms with Gasteiger partial charge in [0.25, 0.3) is 0 Å². The third-order valence-corrected chi connectivity index (χ3v) is 10.2. The van der Waals surface area contributed by atoms with Crippen LogP contribution in [0.1, 0.15) is 28.3 Å². The highest BCUT2D eigenvalue weighted by molar-refractivity contribution is 6.37. The van der Waals surface area contributed by atoms with Crippen molar-refractivity contribution in [2.75, 3.05) is 0 Å². The first kappa shape index (κ1) is 32.8. The van der Waals surface area contributed by atoms with Crippen LogP contribution in [0.5, 0.6) is 0 Å². The second-order valence-corrected chi connectivity index (χ2v) is 13.7. The topological polar surface area (TPSA) is 48.2 Å². The van der Waals surface area contributed by atoms with Crippen molar-refractivity contribution in [3.63, 3.8) is 0 Å². The maximum Gasteiger partial charge on any atom is 0.0795 e. The van der Waals surface area contributed by atoms with Gasteiger partial charge in [-0.2, -0.15) is 0 Å². The zero-order valence-corrected chi connectivity index (χ0v) is 29.7. The van der Waals surface area contributed by atoms with E-state index in [4.69, 9.17) is 10.4 Å². The fraction of sp³-hybridized carbons (Fsp3) is 0.0196. The van der Waals surface area contributed by atoms with Gasteiger partial charge in [0.2, 0.25) is 0 Å². The number of allylic oxidation sites excluding steroid dienone is 2. The Kier molecular flexibility index (Phi) is 8.80. The predicted octanol–water partition coefficient (Wildman–Crippen LogP) is 12.9. The van der Waals surface area contributed by atoms with Crippen LogP contribution in [-0.4, -0.2) is 11.9 Å². The molecule has 0 fully saturated rings. The van der Waals surface area contributed by atoms with Crippen molar-refractivity contribution in [1.82, 2.24) is 5.32 Å². The van der Waals surface area contributed by atoms with Crippen LogP contribution in [0.25, 0.3) is 55.1 Å². The fourth-order valence-corrected chi connectivity index (χ4v) is 7.39. The number of nitrogens with zero attached hydrogens (tertiary/aromatic N) is 1. The Hall–Kier alpha value is -7.10. The van der Waals surface area contributed by atoms with Crippen molar-refractivity contribution < 1.29 is 0 Å². The van der Waals surface area contributed by atoms with Gasteiger partial charge in [0.05, 0.1) is 23.7 Å². The monoisotopic (exact) mass is 691 g/mol. The minimum atomic E-state index is 0.0552. The number of nitrogens with one attached hydrogen (secondary N) is 2. The van der Waals surface area contributed by atoms with E-state index in [1.807, 2.05) is 30.3 Å². The van der Waals surface area contributed by atoms with Gasteiger partial charge in [0, 0.05) is 16.6 Å². The van der Waals surface area contributed by atoms with Crippen molar-refractivity contribution in [2.45, 2.75) is 6.04 Å². The summed E-state index contributed by atoms with van der Waals surface area (Å²) < 4.78 is 0. The van der Waals surface area contributed by atoms with Gasteiger partial charge in [-0.3, -0.25) is 10.4 Å². The summed E-state index contributed by atoms with van der Waals surface area (Å²) in [6.45, 7) is 0. The largest absolute Gasteiger partial charge is 0.374 e. The van der Waals surface area contributed by atoms with E-state index in [-0.39, 0.29) is 6.04 Å². The third-order valence-electron chi connectivity index (χ3n) is 10.2. The van der Waals surface area contributed by atoms with E-state index in [0.717, 1.165) is 44.2 Å². The molecule has 0 saturated carbocycles. The van der Waals surface area contributed by atoms with Crippen LogP contribution in [-0.2, 0) is 0 Å². The second-order valence-electron chi connectivity index (χ2n) is 13.7. The molecule has 1 unspecified atom stereocenters. The van der Waals surface area contributed by atoms with Crippen LogP contribution >= 0.6 is 0 Å². The number of benzene rings is 8. The summed E-state index contributed by atoms with van der Waals surface area (Å²) in [5, 5.41) is 16.9. The third kappa shape index (κ3) is 6.67. The van der Waals surface area contributed by atoms with Gasteiger partial charge in [0.15, 0.2) is 0 Å². The highest BCUT2D eigenvalue weighted by atomic mass is 14.9. The molecule has 0 radical (unpaired) electrons. The zero-order chi connectivity index (χ0) is 36.3. The molecule has 0 spiro atoms. The van der Waals surface area contributed by atoms with Crippen molar-refractivity contribution in [1.29, 1.82) is 5.41 Å². The summed E-state index contributed by atoms with van der Waals surface area (Å²) in [6.07, 6.45) is 6.26. The van der Waals surface area contributed by atoms with Gasteiger partial charge in [-0.1, -0.05) is 164 Å². The molecule has 8 aromatic rings. The van der Waals surface area contributed by atoms with E-state index in [1.165, 1.54) is 38.8 Å². The molecule has 0 aromatic heterocycles. The SMILES string of the molecule is N=C(C=Nc1cc2ccccc2c2cc(-c3cccc(-c4cccc(C5=CC(c6ccccc6)NC(c6ccccc6)=C5)c4)c3)ccc12)c1ccccc1. The van der Waals surface area contributed by atoms with E-state index in [0.29, 0.717) is 5.71 Å². The Morgan fingerprint density at radius 2 is 1.09 bits per heavy atom. The van der Waals surface area contributed by atoms with E-state index in [9.17, 15) is 0 Å². The number of hydrogen-bond acceptors (Lipinski definition) is 3. The standard InChI is InChI=1S/C51H37N3/c52-48(35-14-4-1-5-15-35)34-53-51-31-43-20-10-11-25-45(43)47-30-42(26-27-46(47)51)40-23-12-21-38(28-40)39-22-13-24-41(29-39)44-32-49(36-16-6-2-7-17-36)54-50(33-44)37-18-8-3-9-19-37/h1-34,49,52,54H. The Balaban J connectivity index is 1.07. The molecule has 1 aliphatic heterocycles. The lowest BCUT2D eigenvalue weighted by Crippen LogP contribution is -2.21. The summed E-state index contributed by atoms with van der Waals surface area (Å²) in [7, 11) is 0. The summed E-state index contributed by atoms with van der Waals surface area (Å²) >= 11 is 0. The smallest absolute Gasteiger partial charge is 0.0795 e. The van der Waals surface area contributed by atoms with Crippen LogP contribution < -0.4 is 5.32 Å². The number of aliphatic imine (C=N–C) groups is 1. The van der Waals surface area contributed by atoms with Crippen LogP contribution in [0.15, 0.2) is 205 Å². The molecule has 1 atom stereocenters. The maximum absolute atomic E-state index is 8.59.